The van der Waals surface area contributed by atoms with Crippen LogP contribution in [-0.2, 0) is 9.53 Å². The van der Waals surface area contributed by atoms with E-state index >= 15 is 0 Å². The van der Waals surface area contributed by atoms with E-state index in [-0.39, 0.29) is 5.91 Å². The van der Waals surface area contributed by atoms with Gasteiger partial charge in [-0.1, -0.05) is 18.5 Å². The summed E-state index contributed by atoms with van der Waals surface area (Å²) in [4.78, 5) is 14.6. The fourth-order valence-corrected chi connectivity index (χ4v) is 3.39. The number of anilines is 2. The van der Waals surface area contributed by atoms with Crippen LogP contribution in [0, 0.1) is 0 Å². The molecular formula is C23H27ClN2O4. The van der Waals surface area contributed by atoms with Crippen molar-refractivity contribution in [2.24, 2.45) is 0 Å². The second kappa shape index (κ2) is 10.9. The molecule has 1 N–H and O–H groups in total. The highest BCUT2D eigenvalue weighted by molar-refractivity contribution is 6.32. The van der Waals surface area contributed by atoms with Gasteiger partial charge in [0.25, 0.3) is 0 Å². The molecule has 160 valence electrons. The van der Waals surface area contributed by atoms with Crippen molar-refractivity contribution >= 4 is 35.0 Å². The van der Waals surface area contributed by atoms with Crippen LogP contribution in [0.3, 0.4) is 0 Å². The largest absolute Gasteiger partial charge is 0.493 e. The average Bonchev–Trinajstić information content (AvgIpc) is 2.77. The molecule has 0 atom stereocenters. The minimum atomic E-state index is -0.226. The highest BCUT2D eigenvalue weighted by Gasteiger charge is 2.12. The van der Waals surface area contributed by atoms with Crippen LogP contribution in [0.4, 0.5) is 11.4 Å². The molecule has 2 aromatic rings. The molecule has 30 heavy (non-hydrogen) atoms. The van der Waals surface area contributed by atoms with Gasteiger partial charge in [0.15, 0.2) is 11.5 Å². The van der Waals surface area contributed by atoms with Crippen LogP contribution in [0.5, 0.6) is 11.5 Å². The Morgan fingerprint density at radius 3 is 2.63 bits per heavy atom. The van der Waals surface area contributed by atoms with Crippen LogP contribution in [0.2, 0.25) is 5.02 Å². The second-order valence-corrected chi connectivity index (χ2v) is 7.26. The number of morpholine rings is 1. The SMILES string of the molecule is CCCOc1c(Cl)cc(/C=C/C(=O)Nc2ccc(N3CCOCC3)cc2)cc1OC. The van der Waals surface area contributed by atoms with Gasteiger partial charge in [0.2, 0.25) is 5.91 Å². The first-order chi connectivity index (χ1) is 14.6. The maximum atomic E-state index is 12.3. The van der Waals surface area contributed by atoms with Gasteiger partial charge in [-0.15, -0.1) is 0 Å². The van der Waals surface area contributed by atoms with Gasteiger partial charge in [0.05, 0.1) is 32.0 Å². The summed E-state index contributed by atoms with van der Waals surface area (Å²) in [6.45, 7) is 5.81. The normalized spacial score (nSPS) is 14.0. The maximum absolute atomic E-state index is 12.3. The topological polar surface area (TPSA) is 60.0 Å². The lowest BCUT2D eigenvalue weighted by Crippen LogP contribution is -2.36. The number of amides is 1. The fraction of sp³-hybridized carbons (Fsp3) is 0.348. The van der Waals surface area contributed by atoms with Crippen LogP contribution in [0.15, 0.2) is 42.5 Å². The van der Waals surface area contributed by atoms with Gasteiger partial charge in [-0.05, 0) is 54.5 Å². The molecule has 0 aromatic heterocycles. The summed E-state index contributed by atoms with van der Waals surface area (Å²) in [6, 6.07) is 11.3. The van der Waals surface area contributed by atoms with Crippen molar-refractivity contribution in [3.63, 3.8) is 0 Å². The van der Waals surface area contributed by atoms with Crippen molar-refractivity contribution in [2.75, 3.05) is 50.2 Å². The summed E-state index contributed by atoms with van der Waals surface area (Å²) in [5.41, 5.74) is 2.61. The van der Waals surface area contributed by atoms with Gasteiger partial charge in [0.1, 0.15) is 0 Å². The maximum Gasteiger partial charge on any atom is 0.248 e. The number of hydrogen-bond donors (Lipinski definition) is 1. The molecule has 1 fully saturated rings. The zero-order chi connectivity index (χ0) is 21.3. The molecule has 6 nitrogen and oxygen atoms in total. The summed E-state index contributed by atoms with van der Waals surface area (Å²) in [7, 11) is 1.56. The van der Waals surface area contributed by atoms with Crippen molar-refractivity contribution in [1.29, 1.82) is 0 Å². The number of carbonyl (C=O) groups excluding carboxylic acids is 1. The third kappa shape index (κ3) is 5.90. The van der Waals surface area contributed by atoms with Crippen LogP contribution >= 0.6 is 11.6 Å². The Morgan fingerprint density at radius 2 is 1.97 bits per heavy atom. The van der Waals surface area contributed by atoms with E-state index in [9.17, 15) is 4.79 Å². The number of hydrogen-bond acceptors (Lipinski definition) is 5. The van der Waals surface area contributed by atoms with E-state index in [1.54, 1.807) is 25.3 Å². The van der Waals surface area contributed by atoms with Crippen molar-refractivity contribution in [3.8, 4) is 11.5 Å². The summed E-state index contributed by atoms with van der Waals surface area (Å²) in [6.07, 6.45) is 4.03. The number of carbonyl (C=O) groups is 1. The summed E-state index contributed by atoms with van der Waals surface area (Å²) in [5.74, 6) is 0.827. The minimum absolute atomic E-state index is 0.226. The van der Waals surface area contributed by atoms with Gasteiger partial charge in [-0.25, -0.2) is 0 Å². The number of ether oxygens (including phenoxy) is 3. The van der Waals surface area contributed by atoms with Gasteiger partial charge >= 0.3 is 0 Å². The lowest BCUT2D eigenvalue weighted by Gasteiger charge is -2.28. The van der Waals surface area contributed by atoms with Crippen molar-refractivity contribution in [1.82, 2.24) is 0 Å². The van der Waals surface area contributed by atoms with E-state index in [0.29, 0.717) is 23.1 Å². The van der Waals surface area contributed by atoms with E-state index in [1.807, 2.05) is 31.2 Å². The first-order valence-electron chi connectivity index (χ1n) is 10.0. The van der Waals surface area contributed by atoms with Gasteiger partial charge < -0.3 is 24.4 Å². The molecule has 0 bridgehead atoms. The summed E-state index contributed by atoms with van der Waals surface area (Å²) < 4.78 is 16.4. The van der Waals surface area contributed by atoms with Gasteiger partial charge in [0, 0.05) is 30.5 Å². The Balaban J connectivity index is 1.62. The highest BCUT2D eigenvalue weighted by atomic mass is 35.5. The molecule has 1 aliphatic rings. The van der Waals surface area contributed by atoms with E-state index in [2.05, 4.69) is 10.2 Å². The molecule has 0 spiro atoms. The van der Waals surface area contributed by atoms with Gasteiger partial charge in [-0.3, -0.25) is 4.79 Å². The molecule has 0 unspecified atom stereocenters. The Morgan fingerprint density at radius 1 is 1.23 bits per heavy atom. The summed E-state index contributed by atoms with van der Waals surface area (Å²) >= 11 is 6.32. The molecular weight excluding hydrogens is 404 g/mol. The smallest absolute Gasteiger partial charge is 0.248 e. The average molecular weight is 431 g/mol. The number of halogens is 1. The number of methoxy groups -OCH3 is 1. The van der Waals surface area contributed by atoms with E-state index in [4.69, 9.17) is 25.8 Å². The zero-order valence-corrected chi connectivity index (χ0v) is 18.1. The third-order valence-corrected chi connectivity index (χ3v) is 4.92. The fourth-order valence-electron chi connectivity index (χ4n) is 3.11. The van der Waals surface area contributed by atoms with Crippen LogP contribution in [0.25, 0.3) is 6.08 Å². The van der Waals surface area contributed by atoms with Crippen LogP contribution < -0.4 is 19.7 Å². The number of nitrogens with one attached hydrogen (secondary N) is 1. The minimum Gasteiger partial charge on any atom is -0.493 e. The van der Waals surface area contributed by atoms with Crippen molar-refractivity contribution < 1.29 is 19.0 Å². The Labute approximate surface area is 182 Å². The first kappa shape index (κ1) is 22.0. The van der Waals surface area contributed by atoms with Crippen molar-refractivity contribution in [2.45, 2.75) is 13.3 Å². The first-order valence-corrected chi connectivity index (χ1v) is 10.4. The molecule has 1 heterocycles. The van der Waals surface area contributed by atoms with Crippen molar-refractivity contribution in [3.05, 3.63) is 53.1 Å². The lowest BCUT2D eigenvalue weighted by atomic mass is 10.2. The van der Waals surface area contributed by atoms with Crippen LogP contribution in [0.1, 0.15) is 18.9 Å². The molecule has 0 radical (unpaired) electrons. The Bertz CT molecular complexity index is 878. The monoisotopic (exact) mass is 430 g/mol. The lowest BCUT2D eigenvalue weighted by molar-refractivity contribution is -0.111. The number of nitrogens with zero attached hydrogens (tertiary/aromatic N) is 1. The Hall–Kier alpha value is -2.70. The zero-order valence-electron chi connectivity index (χ0n) is 17.3. The predicted molar refractivity (Wildman–Crippen MR) is 121 cm³/mol. The quantitative estimate of drug-likeness (QED) is 0.619. The molecule has 0 aliphatic carbocycles. The number of benzene rings is 2. The Kier molecular flexibility index (Phi) is 7.99. The van der Waals surface area contributed by atoms with Gasteiger partial charge in [-0.2, -0.15) is 0 Å². The van der Waals surface area contributed by atoms with E-state index < -0.39 is 0 Å². The van der Waals surface area contributed by atoms with Crippen LogP contribution in [-0.4, -0.2) is 45.9 Å². The molecule has 0 saturated carbocycles. The number of rotatable bonds is 8. The molecule has 1 saturated heterocycles. The third-order valence-electron chi connectivity index (χ3n) is 4.64. The molecule has 2 aromatic carbocycles. The highest BCUT2D eigenvalue weighted by Crippen LogP contribution is 2.36. The molecule has 3 rings (SSSR count). The molecule has 1 amide bonds. The molecule has 1 aliphatic heterocycles. The predicted octanol–water partition coefficient (Wildman–Crippen LogP) is 4.63. The van der Waals surface area contributed by atoms with E-state index in [0.717, 1.165) is 49.7 Å². The second-order valence-electron chi connectivity index (χ2n) is 6.85. The summed E-state index contributed by atoms with van der Waals surface area (Å²) in [5, 5.41) is 3.31. The molecule has 7 heteroatoms. The van der Waals surface area contributed by atoms with E-state index in [1.165, 1.54) is 6.08 Å². The standard InChI is InChI=1S/C23H27ClN2O4/c1-3-12-30-23-20(24)15-17(16-21(23)28-2)4-9-22(27)25-18-5-7-19(8-6-18)26-10-13-29-14-11-26/h4-9,15-16H,3,10-14H2,1-2H3,(H,25,27)/b9-4+.